The summed E-state index contributed by atoms with van der Waals surface area (Å²) in [6.45, 7) is 12.8. The van der Waals surface area contributed by atoms with Gasteiger partial charge >= 0.3 is 0 Å². The summed E-state index contributed by atoms with van der Waals surface area (Å²) in [5.74, 6) is 1.39. The summed E-state index contributed by atoms with van der Waals surface area (Å²) < 4.78 is 9.90. The molecule has 0 saturated carbocycles. The molecule has 0 aliphatic carbocycles. The van der Waals surface area contributed by atoms with E-state index in [-0.39, 0.29) is 30.3 Å². The summed E-state index contributed by atoms with van der Waals surface area (Å²) in [4.78, 5) is 10.1. The number of methoxy groups -OCH3 is 2. The fraction of sp³-hybridized carbons (Fsp3) is 0.280. The van der Waals surface area contributed by atoms with Gasteiger partial charge in [0, 0.05) is 55.9 Å². The third kappa shape index (κ3) is 19.7. The number of aryl methyl sites for hydroxylation is 4. The number of nitro benzene ring substituents is 1. The quantitative estimate of drug-likeness (QED) is 0.0467. The second kappa shape index (κ2) is 30.9. The van der Waals surface area contributed by atoms with Crippen molar-refractivity contribution in [3.8, 4) is 23.0 Å². The topological polar surface area (TPSA) is 278 Å². The number of hydrogen-bond acceptors (Lipinski definition) is 13. The largest absolute Gasteiger partial charge is 0.508 e. The van der Waals surface area contributed by atoms with E-state index in [1.165, 1.54) is 48.6 Å². The van der Waals surface area contributed by atoms with Gasteiger partial charge in [0.15, 0.2) is 11.5 Å². The maximum atomic E-state index is 10.6. The highest BCUT2D eigenvalue weighted by molar-refractivity contribution is 6.30. The molecule has 15 heteroatoms. The van der Waals surface area contributed by atoms with Gasteiger partial charge in [0.05, 0.1) is 31.8 Å². The van der Waals surface area contributed by atoms with Crippen LogP contribution in [0.2, 0.25) is 5.02 Å². The smallest absolute Gasteiger partial charge is 0.273 e. The highest BCUT2D eigenvalue weighted by atomic mass is 35.5. The molecule has 0 spiro atoms. The van der Waals surface area contributed by atoms with E-state index < -0.39 is 4.92 Å². The number of phenols is 2. The Kier molecular flexibility index (Phi) is 27.1. The molecular weight excluding hydrogens is 846 g/mol. The predicted octanol–water partition coefficient (Wildman–Crippen LogP) is 7.90. The standard InChI is InChI=1S/C9H12N2O3.C9H13NO.C8H10ClN.C8H11NO2.C8H11NO.C8H11N/c1-6-7(5-10)3-8(11(12)13)4-9(6)14-2;1-7-2-3-8(6-11)4-9(7)5-10;1-6-2-3-8(9)4-7(6)5-10;1-11-7-4-2-3-6(5-9)8(7)10;1-6-2-3-8(10)4-7(6)5-9;1-7-4-2-3-5-8(7)6-9/h3-4H,5,10H2,1-2H3;2-4,11H,5-6,10H2,1H3;2-4H,5,10H2,1H3;2-4,10H,5,9H2,1H3;2-4,10H,5,9H2,1H3;2-5H,6,9H2,1H3. The van der Waals surface area contributed by atoms with Crippen molar-refractivity contribution in [2.75, 3.05) is 14.2 Å². The van der Waals surface area contributed by atoms with Crippen molar-refractivity contribution >= 4 is 17.3 Å². The first-order valence-corrected chi connectivity index (χ1v) is 21.0. The number of aliphatic hydroxyl groups is 1. The van der Waals surface area contributed by atoms with Crippen molar-refractivity contribution in [1.82, 2.24) is 0 Å². The molecule has 6 aromatic rings. The maximum absolute atomic E-state index is 10.6. The lowest BCUT2D eigenvalue weighted by Gasteiger charge is -2.08. The van der Waals surface area contributed by atoms with Gasteiger partial charge in [-0.1, -0.05) is 78.3 Å². The van der Waals surface area contributed by atoms with E-state index in [1.807, 2.05) is 82.3 Å². The van der Waals surface area contributed by atoms with Crippen LogP contribution in [0.4, 0.5) is 5.69 Å². The van der Waals surface area contributed by atoms with Gasteiger partial charge in [0.1, 0.15) is 11.5 Å². The molecule has 0 heterocycles. The Hall–Kier alpha value is -6.07. The molecule has 0 aromatic heterocycles. The van der Waals surface area contributed by atoms with E-state index >= 15 is 0 Å². The molecule has 0 bridgehead atoms. The number of para-hydroxylation sites is 1. The molecule has 15 N–H and O–H groups in total. The Labute approximate surface area is 388 Å². The van der Waals surface area contributed by atoms with Crippen LogP contribution in [0.3, 0.4) is 0 Å². The zero-order valence-corrected chi connectivity index (χ0v) is 39.4. The van der Waals surface area contributed by atoms with Crippen molar-refractivity contribution in [1.29, 1.82) is 0 Å². The fourth-order valence-electron chi connectivity index (χ4n) is 5.78. The lowest BCUT2D eigenvalue weighted by atomic mass is 10.1. The van der Waals surface area contributed by atoms with Crippen LogP contribution < -0.4 is 43.9 Å². The molecular formula is C50H68ClN7O7. The lowest BCUT2D eigenvalue weighted by molar-refractivity contribution is -0.385. The van der Waals surface area contributed by atoms with Gasteiger partial charge in [0.2, 0.25) is 0 Å². The molecule has 0 fully saturated rings. The summed E-state index contributed by atoms with van der Waals surface area (Å²) in [7, 11) is 2.99. The number of nitrogens with zero attached hydrogens (tertiary/aromatic N) is 1. The zero-order valence-electron chi connectivity index (χ0n) is 38.6. The third-order valence-corrected chi connectivity index (χ3v) is 10.2. The Morgan fingerprint density at radius 2 is 1.02 bits per heavy atom. The van der Waals surface area contributed by atoms with Crippen LogP contribution in [0.25, 0.3) is 0 Å². The molecule has 0 saturated heterocycles. The molecule has 0 aliphatic heterocycles. The Morgan fingerprint density at radius 3 is 1.48 bits per heavy atom. The summed E-state index contributed by atoms with van der Waals surface area (Å²) in [6, 6.07) is 33.1. The number of nitrogens with two attached hydrogens (primary N) is 6. The average molecular weight is 915 g/mol. The number of rotatable bonds is 10. The van der Waals surface area contributed by atoms with Gasteiger partial charge in [-0.2, -0.15) is 0 Å². The van der Waals surface area contributed by atoms with E-state index in [1.54, 1.807) is 30.3 Å². The Bertz CT molecular complexity index is 2260. The van der Waals surface area contributed by atoms with E-state index in [0.717, 1.165) is 44.0 Å². The summed E-state index contributed by atoms with van der Waals surface area (Å²) >= 11 is 5.74. The highest BCUT2D eigenvalue weighted by Gasteiger charge is 2.13. The van der Waals surface area contributed by atoms with Crippen molar-refractivity contribution in [2.45, 2.75) is 80.5 Å². The molecule has 6 aromatic carbocycles. The minimum Gasteiger partial charge on any atom is -0.508 e. The van der Waals surface area contributed by atoms with Crippen LogP contribution in [0, 0.1) is 44.7 Å². The van der Waals surface area contributed by atoms with Crippen LogP contribution in [-0.2, 0) is 45.9 Å². The minimum absolute atomic E-state index is 0.00731. The molecule has 0 atom stereocenters. The van der Waals surface area contributed by atoms with Gasteiger partial charge in [-0.3, -0.25) is 10.1 Å². The minimum atomic E-state index is -0.457. The molecule has 65 heavy (non-hydrogen) atoms. The van der Waals surface area contributed by atoms with Gasteiger partial charge in [0.25, 0.3) is 5.69 Å². The van der Waals surface area contributed by atoms with Crippen molar-refractivity contribution in [3.63, 3.8) is 0 Å². The Balaban J connectivity index is 0.000000392. The van der Waals surface area contributed by atoms with E-state index in [2.05, 4.69) is 19.1 Å². The van der Waals surface area contributed by atoms with Crippen LogP contribution >= 0.6 is 11.6 Å². The van der Waals surface area contributed by atoms with Gasteiger partial charge in [-0.15, -0.1) is 0 Å². The third-order valence-electron chi connectivity index (χ3n) is 10.0. The lowest BCUT2D eigenvalue weighted by Crippen LogP contribution is -2.02. The number of halogens is 1. The molecule has 0 radical (unpaired) electrons. The monoisotopic (exact) mass is 913 g/mol. The summed E-state index contributed by atoms with van der Waals surface area (Å²) in [5, 5.41) is 38.5. The molecule has 0 amide bonds. The number of non-ortho nitro benzene ring substituents is 1. The molecule has 0 unspecified atom stereocenters. The number of aliphatic hydroxyl groups excluding tert-OH is 1. The number of ether oxygens (including phenoxy) is 2. The number of nitro groups is 1. The van der Waals surface area contributed by atoms with Gasteiger partial charge < -0.3 is 59.2 Å². The molecule has 0 aliphatic rings. The van der Waals surface area contributed by atoms with Crippen LogP contribution in [0.1, 0.15) is 66.8 Å². The van der Waals surface area contributed by atoms with Gasteiger partial charge in [-0.05, 0) is 126 Å². The first-order valence-electron chi connectivity index (χ1n) is 20.6. The Morgan fingerprint density at radius 1 is 0.538 bits per heavy atom. The predicted molar refractivity (Wildman–Crippen MR) is 264 cm³/mol. The number of benzene rings is 6. The van der Waals surface area contributed by atoms with Crippen molar-refractivity contribution < 1.29 is 29.7 Å². The zero-order chi connectivity index (χ0) is 49.1. The van der Waals surface area contributed by atoms with E-state index in [9.17, 15) is 15.2 Å². The normalized spacial score (nSPS) is 9.83. The van der Waals surface area contributed by atoms with Crippen molar-refractivity contribution in [3.05, 3.63) is 191 Å². The number of aromatic hydroxyl groups is 2. The van der Waals surface area contributed by atoms with Crippen LogP contribution in [0.15, 0.2) is 109 Å². The first-order chi connectivity index (χ1) is 31.0. The van der Waals surface area contributed by atoms with Crippen LogP contribution in [-0.4, -0.2) is 34.5 Å². The highest BCUT2D eigenvalue weighted by Crippen LogP contribution is 2.29. The summed E-state index contributed by atoms with van der Waals surface area (Å²) in [5.41, 5.74) is 45.1. The number of phenolic OH excluding ortho intramolecular Hbond substituents is 2. The SMILES string of the molecule is COc1cc([N+](=O)[O-])cc(CN)c1C.COc1cccc(CN)c1O.Cc1ccc(CO)cc1CN.Cc1ccc(Cl)cc1CN.Cc1ccc(O)cc1CN.Cc1ccccc1CN. The van der Waals surface area contributed by atoms with Crippen LogP contribution in [0.5, 0.6) is 23.0 Å². The molecule has 14 nitrogen and oxygen atoms in total. The second-order valence-corrected chi connectivity index (χ2v) is 14.8. The van der Waals surface area contributed by atoms with E-state index in [4.69, 9.17) is 65.7 Å². The van der Waals surface area contributed by atoms with E-state index in [0.29, 0.717) is 49.8 Å². The average Bonchev–Trinajstić information content (AvgIpc) is 3.32. The van der Waals surface area contributed by atoms with Gasteiger partial charge in [-0.25, -0.2) is 0 Å². The maximum Gasteiger partial charge on any atom is 0.273 e. The molecule has 6 rings (SSSR count). The first kappa shape index (κ1) is 56.9. The number of hydrogen-bond donors (Lipinski definition) is 9. The summed E-state index contributed by atoms with van der Waals surface area (Å²) in [6.07, 6.45) is 0. The molecule has 352 valence electrons. The fourth-order valence-corrected chi connectivity index (χ4v) is 5.97. The van der Waals surface area contributed by atoms with Crippen molar-refractivity contribution in [2.24, 2.45) is 34.4 Å². The second-order valence-electron chi connectivity index (χ2n) is 14.4.